The van der Waals surface area contributed by atoms with Gasteiger partial charge < -0.3 is 9.47 Å². The lowest BCUT2D eigenvalue weighted by molar-refractivity contribution is -0.144. The fourth-order valence-electron chi connectivity index (χ4n) is 2.88. The van der Waals surface area contributed by atoms with Gasteiger partial charge >= 0.3 is 11.9 Å². The topological polar surface area (TPSA) is 52.6 Å². The van der Waals surface area contributed by atoms with E-state index < -0.39 is 5.97 Å². The summed E-state index contributed by atoms with van der Waals surface area (Å²) < 4.78 is 10.6. The number of hydrogen-bond donors (Lipinski definition) is 0. The van der Waals surface area contributed by atoms with Gasteiger partial charge in [0.2, 0.25) is 0 Å². The lowest BCUT2D eigenvalue weighted by Crippen LogP contribution is -2.11. The maximum absolute atomic E-state index is 12.2. The van der Waals surface area contributed by atoms with Crippen LogP contribution in [0.15, 0.2) is 30.3 Å². The van der Waals surface area contributed by atoms with Gasteiger partial charge in [0.25, 0.3) is 0 Å². The molecule has 2 aromatic rings. The molecule has 0 fully saturated rings. The minimum absolute atomic E-state index is 0.110. The Morgan fingerprint density at radius 3 is 2.29 bits per heavy atom. The molecular formula is C22H26Cl2O4. The van der Waals surface area contributed by atoms with Crippen molar-refractivity contribution in [2.75, 3.05) is 6.61 Å². The summed E-state index contributed by atoms with van der Waals surface area (Å²) in [6, 6.07) is 8.87. The summed E-state index contributed by atoms with van der Waals surface area (Å²) in [6.07, 6.45) is 6.20. The predicted molar refractivity (Wildman–Crippen MR) is 113 cm³/mol. The number of hydrogen-bond acceptors (Lipinski definition) is 4. The van der Waals surface area contributed by atoms with E-state index in [0.717, 1.165) is 18.2 Å². The molecule has 6 heteroatoms. The number of esters is 2. The monoisotopic (exact) mass is 424 g/mol. The van der Waals surface area contributed by atoms with E-state index in [-0.39, 0.29) is 23.8 Å². The van der Waals surface area contributed by atoms with E-state index in [9.17, 15) is 9.59 Å². The molecule has 0 atom stereocenters. The van der Waals surface area contributed by atoms with Crippen LogP contribution < -0.4 is 4.74 Å². The van der Waals surface area contributed by atoms with Crippen molar-refractivity contribution in [1.82, 2.24) is 0 Å². The van der Waals surface area contributed by atoms with Crippen molar-refractivity contribution < 1.29 is 19.1 Å². The van der Waals surface area contributed by atoms with Gasteiger partial charge in [0, 0.05) is 23.6 Å². The van der Waals surface area contributed by atoms with Gasteiger partial charge in [-0.15, -0.1) is 0 Å². The number of carbonyl (C=O) groups excluding carboxylic acids is 2. The van der Waals surface area contributed by atoms with Crippen LogP contribution in [0.2, 0.25) is 10.0 Å². The highest BCUT2D eigenvalue weighted by Gasteiger charge is 2.15. The molecule has 0 unspecified atom stereocenters. The lowest BCUT2D eigenvalue weighted by Gasteiger charge is -2.11. The Morgan fingerprint density at radius 2 is 1.54 bits per heavy atom. The van der Waals surface area contributed by atoms with Crippen LogP contribution in [0, 0.1) is 0 Å². The highest BCUT2D eigenvalue weighted by Crippen LogP contribution is 2.38. The summed E-state index contributed by atoms with van der Waals surface area (Å²) in [5.74, 6) is -0.429. The number of carbonyl (C=O) groups is 2. The average Bonchev–Trinajstić information content (AvgIpc) is 2.68. The van der Waals surface area contributed by atoms with Crippen molar-refractivity contribution in [3.05, 3.63) is 40.4 Å². The van der Waals surface area contributed by atoms with Gasteiger partial charge in [-0.1, -0.05) is 80.1 Å². The van der Waals surface area contributed by atoms with Crippen LogP contribution in [0.4, 0.5) is 0 Å². The van der Waals surface area contributed by atoms with Gasteiger partial charge in [-0.3, -0.25) is 9.59 Å². The van der Waals surface area contributed by atoms with Crippen LogP contribution in [0.5, 0.6) is 5.75 Å². The van der Waals surface area contributed by atoms with Crippen LogP contribution in [0.3, 0.4) is 0 Å². The Kier molecular flexibility index (Phi) is 9.59. The average molecular weight is 425 g/mol. The van der Waals surface area contributed by atoms with Gasteiger partial charge in [0.1, 0.15) is 0 Å². The first-order valence-electron chi connectivity index (χ1n) is 9.76. The molecule has 152 valence electrons. The summed E-state index contributed by atoms with van der Waals surface area (Å²) >= 11 is 12.4. The van der Waals surface area contributed by atoms with E-state index >= 15 is 0 Å². The second kappa shape index (κ2) is 11.9. The molecule has 0 N–H and O–H groups in total. The fraction of sp³-hybridized carbons (Fsp3) is 0.455. The molecule has 0 bridgehead atoms. The maximum Gasteiger partial charge on any atom is 0.311 e. The van der Waals surface area contributed by atoms with Crippen molar-refractivity contribution in [2.45, 2.75) is 58.3 Å². The van der Waals surface area contributed by atoms with Crippen molar-refractivity contribution in [1.29, 1.82) is 0 Å². The summed E-state index contributed by atoms with van der Waals surface area (Å²) in [5, 5.41) is 2.21. The van der Waals surface area contributed by atoms with E-state index in [1.54, 1.807) is 12.1 Å². The van der Waals surface area contributed by atoms with Crippen LogP contribution in [0.1, 0.15) is 58.3 Å². The largest absolute Gasteiger partial charge is 0.466 e. The number of unbranched alkanes of at least 4 members (excludes halogenated alkanes) is 4. The van der Waals surface area contributed by atoms with Crippen LogP contribution >= 0.6 is 23.2 Å². The zero-order valence-corrected chi connectivity index (χ0v) is 17.7. The third-order valence-corrected chi connectivity index (χ3v) is 4.98. The van der Waals surface area contributed by atoms with Crippen molar-refractivity contribution in [2.24, 2.45) is 0 Å². The Morgan fingerprint density at radius 1 is 0.857 bits per heavy atom. The Bertz CT molecular complexity index is 804. The Balaban J connectivity index is 1.76. The summed E-state index contributed by atoms with van der Waals surface area (Å²) in [4.78, 5) is 23.9. The first-order valence-corrected chi connectivity index (χ1v) is 10.5. The van der Waals surface area contributed by atoms with E-state index in [1.165, 1.54) is 19.3 Å². The van der Waals surface area contributed by atoms with Gasteiger partial charge in [-0.25, -0.2) is 0 Å². The first kappa shape index (κ1) is 22.5. The summed E-state index contributed by atoms with van der Waals surface area (Å²) in [7, 11) is 0. The van der Waals surface area contributed by atoms with Gasteiger partial charge in [0.05, 0.1) is 16.7 Å². The zero-order valence-electron chi connectivity index (χ0n) is 16.1. The smallest absolute Gasteiger partial charge is 0.311 e. The van der Waals surface area contributed by atoms with Crippen LogP contribution in [-0.2, 0) is 14.3 Å². The number of benzene rings is 2. The molecule has 0 saturated heterocycles. The molecule has 4 nitrogen and oxygen atoms in total. The standard InChI is InChI=1S/C22H26Cl2O4/c1-2-3-4-5-8-14-27-20(25)12-9-13-21(26)28-22-17-11-7-6-10-16(17)18(23)15-19(22)24/h6-7,10-11,15H,2-5,8-9,12-14H2,1H3. The minimum Gasteiger partial charge on any atom is -0.466 e. The molecule has 0 amide bonds. The molecule has 2 rings (SSSR count). The quantitative estimate of drug-likeness (QED) is 0.227. The van der Waals surface area contributed by atoms with E-state index in [1.807, 2.05) is 18.2 Å². The molecule has 0 spiro atoms. The lowest BCUT2D eigenvalue weighted by atomic mass is 10.1. The molecular weight excluding hydrogens is 399 g/mol. The summed E-state index contributed by atoms with van der Waals surface area (Å²) in [5.41, 5.74) is 0. The van der Waals surface area contributed by atoms with Crippen molar-refractivity contribution in [3.8, 4) is 5.75 Å². The predicted octanol–water partition coefficient (Wildman–Crippen LogP) is 6.74. The third kappa shape index (κ3) is 6.99. The molecule has 28 heavy (non-hydrogen) atoms. The molecule has 0 aliphatic rings. The molecule has 0 aliphatic heterocycles. The Hall–Kier alpha value is -1.78. The van der Waals surface area contributed by atoms with Crippen LogP contribution in [-0.4, -0.2) is 18.5 Å². The normalized spacial score (nSPS) is 10.8. The number of halogens is 2. The van der Waals surface area contributed by atoms with Crippen molar-refractivity contribution >= 4 is 45.9 Å². The highest BCUT2D eigenvalue weighted by atomic mass is 35.5. The molecule has 0 aliphatic carbocycles. The number of rotatable bonds is 11. The van der Waals surface area contributed by atoms with E-state index in [2.05, 4.69) is 6.92 Å². The number of fused-ring (bicyclic) bond motifs is 1. The SMILES string of the molecule is CCCCCCCOC(=O)CCCC(=O)Oc1c(Cl)cc(Cl)c2ccccc12. The second-order valence-corrected chi connectivity index (χ2v) is 7.49. The fourth-order valence-corrected chi connectivity index (χ4v) is 3.46. The molecule has 0 heterocycles. The molecule has 0 aromatic heterocycles. The summed E-state index contributed by atoms with van der Waals surface area (Å²) in [6.45, 7) is 2.60. The van der Waals surface area contributed by atoms with Crippen LogP contribution in [0.25, 0.3) is 10.8 Å². The van der Waals surface area contributed by atoms with Gasteiger partial charge in [-0.05, 0) is 18.9 Å². The first-order chi connectivity index (χ1) is 13.5. The molecule has 0 saturated carbocycles. The minimum atomic E-state index is -0.443. The molecule has 2 aromatic carbocycles. The van der Waals surface area contributed by atoms with Gasteiger partial charge in [0.15, 0.2) is 5.75 Å². The highest BCUT2D eigenvalue weighted by molar-refractivity contribution is 6.40. The van der Waals surface area contributed by atoms with Gasteiger partial charge in [-0.2, -0.15) is 0 Å². The Labute approximate surface area is 176 Å². The second-order valence-electron chi connectivity index (χ2n) is 6.68. The molecule has 0 radical (unpaired) electrons. The van der Waals surface area contributed by atoms with E-state index in [0.29, 0.717) is 29.2 Å². The number of ether oxygens (including phenoxy) is 2. The van der Waals surface area contributed by atoms with E-state index in [4.69, 9.17) is 32.7 Å². The third-order valence-electron chi connectivity index (χ3n) is 4.39. The van der Waals surface area contributed by atoms with Crippen molar-refractivity contribution in [3.63, 3.8) is 0 Å². The zero-order chi connectivity index (χ0) is 20.4. The maximum atomic E-state index is 12.2.